The first-order chi connectivity index (χ1) is 18.1. The molecule has 3 rings (SSSR count). The molecule has 3 aromatic carbocycles. The van der Waals surface area contributed by atoms with E-state index in [4.69, 9.17) is 4.74 Å². The zero-order valence-corrected chi connectivity index (χ0v) is 24.5. The van der Waals surface area contributed by atoms with Crippen molar-refractivity contribution in [3.63, 3.8) is 0 Å². The van der Waals surface area contributed by atoms with Gasteiger partial charge in [0.25, 0.3) is 5.91 Å². The average Bonchev–Trinajstić information content (AvgIpc) is 2.81. The van der Waals surface area contributed by atoms with Crippen LogP contribution in [-0.2, 0) is 14.3 Å². The van der Waals surface area contributed by atoms with E-state index in [0.717, 1.165) is 21.9 Å². The summed E-state index contributed by atoms with van der Waals surface area (Å²) in [5, 5.41) is 7.74. The summed E-state index contributed by atoms with van der Waals surface area (Å²) in [5.74, 6) is -0.744. The van der Waals surface area contributed by atoms with E-state index in [9.17, 15) is 14.4 Å². The monoisotopic (exact) mass is 531 g/mol. The minimum atomic E-state index is -0.953. The van der Waals surface area contributed by atoms with E-state index in [1.54, 1.807) is 32.6 Å². The molecule has 3 aromatic rings. The van der Waals surface area contributed by atoms with Gasteiger partial charge >= 0.3 is 6.09 Å². The molecule has 0 aliphatic heterocycles. The Labute approximate surface area is 231 Å². The van der Waals surface area contributed by atoms with Gasteiger partial charge in [-0.1, -0.05) is 48.5 Å². The number of fused-ring (bicyclic) bond motifs is 1. The van der Waals surface area contributed by atoms with Gasteiger partial charge in [-0.25, -0.2) is 4.79 Å². The van der Waals surface area contributed by atoms with E-state index in [1.165, 1.54) is 0 Å². The van der Waals surface area contributed by atoms with Crippen LogP contribution in [0.5, 0.6) is 0 Å². The van der Waals surface area contributed by atoms with Crippen LogP contribution in [0.3, 0.4) is 0 Å². The molecule has 0 spiro atoms. The van der Waals surface area contributed by atoms with Crippen molar-refractivity contribution in [3.05, 3.63) is 77.4 Å². The third-order valence-electron chi connectivity index (χ3n) is 6.43. The summed E-state index contributed by atoms with van der Waals surface area (Å²) in [4.78, 5) is 42.0. The molecule has 0 fully saturated rings. The summed E-state index contributed by atoms with van der Waals surface area (Å²) in [5.41, 5.74) is 1.94. The Bertz CT molecular complexity index is 1370. The van der Waals surface area contributed by atoms with Gasteiger partial charge in [0.2, 0.25) is 5.91 Å². The lowest BCUT2D eigenvalue weighted by atomic mass is 9.93. The molecule has 7 heteroatoms. The van der Waals surface area contributed by atoms with Crippen LogP contribution in [0.4, 0.5) is 10.5 Å². The minimum Gasteiger partial charge on any atom is -0.444 e. The molecule has 0 aromatic heterocycles. The number of carbonyl (C=O) groups excluding carboxylic acids is 3. The third-order valence-corrected chi connectivity index (χ3v) is 6.43. The summed E-state index contributed by atoms with van der Waals surface area (Å²) >= 11 is 0. The average molecular weight is 532 g/mol. The Morgan fingerprint density at radius 3 is 2.05 bits per heavy atom. The number of rotatable bonds is 6. The summed E-state index contributed by atoms with van der Waals surface area (Å²) < 4.78 is 5.36. The minimum absolute atomic E-state index is 0.346. The standard InChI is InChI=1S/C32H41N3O4/c1-20-14-15-25(18-21(20)2)27(28(36)34-26-17-16-23-12-10-11-13-24(23)19-26)35(31(4,5)6)29(37)22(3)33-30(38)39-32(7,8)9/h10-19,22,27H,1-9H3,(H,33,38)(H,34,36). The van der Waals surface area contributed by atoms with Gasteiger partial charge in [0.05, 0.1) is 0 Å². The van der Waals surface area contributed by atoms with Gasteiger partial charge in [-0.05, 0) is 102 Å². The smallest absolute Gasteiger partial charge is 0.408 e. The Balaban J connectivity index is 2.02. The maximum atomic E-state index is 14.1. The molecule has 2 N–H and O–H groups in total. The summed E-state index contributed by atoms with van der Waals surface area (Å²) in [7, 11) is 0. The first-order valence-corrected chi connectivity index (χ1v) is 13.3. The molecular formula is C32H41N3O4. The van der Waals surface area contributed by atoms with E-state index in [2.05, 4.69) is 10.6 Å². The van der Waals surface area contributed by atoms with Crippen molar-refractivity contribution in [2.24, 2.45) is 0 Å². The van der Waals surface area contributed by atoms with Crippen molar-refractivity contribution in [1.82, 2.24) is 10.2 Å². The molecular weight excluding hydrogens is 490 g/mol. The summed E-state index contributed by atoms with van der Waals surface area (Å²) in [6.45, 7) is 16.5. The van der Waals surface area contributed by atoms with Gasteiger partial charge in [0.15, 0.2) is 0 Å². The Kier molecular flexibility index (Phi) is 8.74. The van der Waals surface area contributed by atoms with Crippen LogP contribution in [0.1, 0.15) is 71.2 Å². The molecule has 0 aliphatic rings. The number of nitrogens with one attached hydrogen (secondary N) is 2. The van der Waals surface area contributed by atoms with E-state index in [1.807, 2.05) is 95.3 Å². The normalized spacial score (nSPS) is 13.4. The van der Waals surface area contributed by atoms with Gasteiger partial charge in [-0.3, -0.25) is 9.59 Å². The molecule has 0 saturated heterocycles. The Morgan fingerprint density at radius 2 is 1.46 bits per heavy atom. The second-order valence-corrected chi connectivity index (χ2v) is 12.0. The number of alkyl carbamates (subject to hydrolysis) is 1. The fourth-order valence-electron chi connectivity index (χ4n) is 4.43. The lowest BCUT2D eigenvalue weighted by molar-refractivity contribution is -0.146. The molecule has 0 saturated carbocycles. The van der Waals surface area contributed by atoms with Crippen molar-refractivity contribution in [2.45, 2.75) is 85.5 Å². The van der Waals surface area contributed by atoms with Crippen LogP contribution in [0.2, 0.25) is 0 Å². The van der Waals surface area contributed by atoms with Gasteiger partial charge < -0.3 is 20.3 Å². The van der Waals surface area contributed by atoms with Crippen LogP contribution >= 0.6 is 0 Å². The summed E-state index contributed by atoms with van der Waals surface area (Å²) in [6, 6.07) is 17.5. The third kappa shape index (κ3) is 7.59. The second-order valence-electron chi connectivity index (χ2n) is 12.0. The lowest BCUT2D eigenvalue weighted by Crippen LogP contribution is -2.57. The largest absolute Gasteiger partial charge is 0.444 e. The van der Waals surface area contributed by atoms with Gasteiger partial charge in [-0.15, -0.1) is 0 Å². The van der Waals surface area contributed by atoms with Gasteiger partial charge in [-0.2, -0.15) is 0 Å². The Morgan fingerprint density at radius 1 is 0.821 bits per heavy atom. The zero-order valence-electron chi connectivity index (χ0n) is 24.5. The van der Waals surface area contributed by atoms with Crippen molar-refractivity contribution in [2.75, 3.05) is 5.32 Å². The number of benzene rings is 3. The molecule has 7 nitrogen and oxygen atoms in total. The molecule has 208 valence electrons. The molecule has 39 heavy (non-hydrogen) atoms. The van der Waals surface area contributed by atoms with Crippen molar-refractivity contribution >= 4 is 34.4 Å². The van der Waals surface area contributed by atoms with Crippen molar-refractivity contribution in [3.8, 4) is 0 Å². The highest BCUT2D eigenvalue weighted by molar-refractivity contribution is 6.00. The highest BCUT2D eigenvalue weighted by Crippen LogP contribution is 2.32. The predicted octanol–water partition coefficient (Wildman–Crippen LogP) is 6.68. The maximum Gasteiger partial charge on any atom is 0.408 e. The maximum absolute atomic E-state index is 14.1. The van der Waals surface area contributed by atoms with Gasteiger partial charge in [0, 0.05) is 11.2 Å². The first-order valence-electron chi connectivity index (χ1n) is 13.3. The topological polar surface area (TPSA) is 87.7 Å². The number of ether oxygens (including phenoxy) is 1. The number of carbonyl (C=O) groups is 3. The number of hydrogen-bond donors (Lipinski definition) is 2. The van der Waals surface area contributed by atoms with Crippen LogP contribution in [0.25, 0.3) is 10.8 Å². The number of amides is 3. The van der Waals surface area contributed by atoms with E-state index in [0.29, 0.717) is 11.3 Å². The van der Waals surface area contributed by atoms with Crippen LogP contribution in [0, 0.1) is 13.8 Å². The van der Waals surface area contributed by atoms with E-state index < -0.39 is 35.2 Å². The fraction of sp³-hybridized carbons (Fsp3) is 0.406. The fourth-order valence-corrected chi connectivity index (χ4v) is 4.43. The molecule has 2 unspecified atom stereocenters. The number of aryl methyl sites for hydroxylation is 2. The zero-order chi connectivity index (χ0) is 29.1. The lowest BCUT2D eigenvalue weighted by Gasteiger charge is -2.42. The van der Waals surface area contributed by atoms with Crippen LogP contribution in [-0.4, -0.2) is 40.0 Å². The predicted molar refractivity (Wildman–Crippen MR) is 157 cm³/mol. The molecule has 0 heterocycles. The van der Waals surface area contributed by atoms with E-state index in [-0.39, 0.29) is 5.91 Å². The van der Waals surface area contributed by atoms with Crippen LogP contribution in [0.15, 0.2) is 60.7 Å². The quantitative estimate of drug-likeness (QED) is 0.372. The molecule has 0 aliphatic carbocycles. The molecule has 3 amide bonds. The summed E-state index contributed by atoms with van der Waals surface area (Å²) in [6.07, 6.45) is -0.694. The number of nitrogens with zero attached hydrogens (tertiary/aromatic N) is 1. The first kappa shape index (κ1) is 29.7. The highest BCUT2D eigenvalue weighted by atomic mass is 16.6. The van der Waals surface area contributed by atoms with Gasteiger partial charge in [0.1, 0.15) is 17.7 Å². The Hall–Kier alpha value is -3.87. The molecule has 2 atom stereocenters. The molecule has 0 radical (unpaired) electrons. The highest BCUT2D eigenvalue weighted by Gasteiger charge is 2.41. The van der Waals surface area contributed by atoms with E-state index >= 15 is 0 Å². The second kappa shape index (κ2) is 11.5. The van der Waals surface area contributed by atoms with Crippen LogP contribution < -0.4 is 10.6 Å². The number of anilines is 1. The van der Waals surface area contributed by atoms with Crippen molar-refractivity contribution < 1.29 is 19.1 Å². The van der Waals surface area contributed by atoms with Crippen molar-refractivity contribution in [1.29, 1.82) is 0 Å². The SMILES string of the molecule is Cc1ccc(C(C(=O)Nc2ccc3ccccc3c2)N(C(=O)C(C)NC(=O)OC(C)(C)C)C(C)(C)C)cc1C. The number of hydrogen-bond acceptors (Lipinski definition) is 4. The molecule has 0 bridgehead atoms.